The largest absolute Gasteiger partial charge is 0.497 e. The summed E-state index contributed by atoms with van der Waals surface area (Å²) < 4.78 is 15.9. The highest BCUT2D eigenvalue weighted by molar-refractivity contribution is 5.89. The molecule has 152 valence electrons. The summed E-state index contributed by atoms with van der Waals surface area (Å²) in [6.45, 7) is 1.69. The van der Waals surface area contributed by atoms with Crippen molar-refractivity contribution in [1.82, 2.24) is 5.32 Å². The molecule has 1 atom stereocenters. The quantitative estimate of drug-likeness (QED) is 0.604. The molecule has 2 N–H and O–H groups in total. The summed E-state index contributed by atoms with van der Waals surface area (Å²) in [5, 5.41) is 13.1. The number of benzene rings is 2. The van der Waals surface area contributed by atoms with Crippen LogP contribution in [0.1, 0.15) is 24.5 Å². The molecule has 3 rings (SSSR count). The summed E-state index contributed by atoms with van der Waals surface area (Å²) >= 11 is 0. The number of amides is 1. The van der Waals surface area contributed by atoms with E-state index in [4.69, 9.17) is 13.9 Å². The van der Waals surface area contributed by atoms with Crippen LogP contribution in [-0.4, -0.2) is 31.2 Å². The molecule has 29 heavy (non-hydrogen) atoms. The van der Waals surface area contributed by atoms with Gasteiger partial charge in [0.2, 0.25) is 5.91 Å². The average Bonchev–Trinajstić information content (AvgIpc) is 3.09. The number of methoxy groups -OCH3 is 2. The lowest BCUT2D eigenvalue weighted by Gasteiger charge is -2.30. The summed E-state index contributed by atoms with van der Waals surface area (Å²) in [7, 11) is 3.10. The fraction of sp³-hybridized carbons (Fsp3) is 0.273. The number of furan rings is 1. The number of carboxylic acid groups (broad SMARTS) is 1. The zero-order valence-electron chi connectivity index (χ0n) is 16.5. The van der Waals surface area contributed by atoms with Gasteiger partial charge in [0.25, 0.3) is 0 Å². The van der Waals surface area contributed by atoms with E-state index in [0.717, 1.165) is 5.39 Å². The molecule has 0 spiro atoms. The predicted octanol–water partition coefficient (Wildman–Crippen LogP) is 3.50. The molecule has 0 saturated carbocycles. The van der Waals surface area contributed by atoms with Crippen LogP contribution in [0.2, 0.25) is 0 Å². The Morgan fingerprint density at radius 3 is 2.52 bits per heavy atom. The van der Waals surface area contributed by atoms with Crippen molar-refractivity contribution in [2.75, 3.05) is 14.2 Å². The lowest BCUT2D eigenvalue weighted by Crippen LogP contribution is -2.45. The van der Waals surface area contributed by atoms with Crippen LogP contribution >= 0.6 is 0 Å². The van der Waals surface area contributed by atoms with Gasteiger partial charge in [0.05, 0.1) is 38.9 Å². The molecular formula is C22H23NO6. The number of aliphatic carboxylic acids is 1. The van der Waals surface area contributed by atoms with Crippen LogP contribution in [0.3, 0.4) is 0 Å². The minimum Gasteiger partial charge on any atom is -0.497 e. The topological polar surface area (TPSA) is 98.0 Å². The second-order valence-corrected chi connectivity index (χ2v) is 6.98. The van der Waals surface area contributed by atoms with Gasteiger partial charge in [-0.2, -0.15) is 0 Å². The van der Waals surface area contributed by atoms with Crippen molar-refractivity contribution in [2.45, 2.75) is 25.3 Å². The van der Waals surface area contributed by atoms with Crippen molar-refractivity contribution in [3.8, 4) is 11.5 Å². The fourth-order valence-electron chi connectivity index (χ4n) is 3.34. The molecule has 0 aliphatic carbocycles. The number of carbonyl (C=O) groups excluding carboxylic acids is 1. The first kappa shape index (κ1) is 20.3. The van der Waals surface area contributed by atoms with Gasteiger partial charge in [-0.05, 0) is 36.8 Å². The number of hydrogen-bond acceptors (Lipinski definition) is 5. The zero-order valence-corrected chi connectivity index (χ0v) is 16.5. The number of nitrogens with one attached hydrogen (secondary N) is 1. The van der Waals surface area contributed by atoms with Gasteiger partial charge >= 0.3 is 5.97 Å². The molecule has 0 bridgehead atoms. The maximum Gasteiger partial charge on any atom is 0.306 e. The molecule has 2 aromatic carbocycles. The third-order valence-corrected chi connectivity index (χ3v) is 4.84. The Hall–Kier alpha value is -3.48. The average molecular weight is 397 g/mol. The Morgan fingerprint density at radius 1 is 1.10 bits per heavy atom. The van der Waals surface area contributed by atoms with Gasteiger partial charge in [0.15, 0.2) is 0 Å². The minimum absolute atomic E-state index is 0.0541. The molecule has 1 unspecified atom stereocenters. The van der Waals surface area contributed by atoms with E-state index in [9.17, 15) is 14.7 Å². The van der Waals surface area contributed by atoms with Crippen molar-refractivity contribution in [2.24, 2.45) is 0 Å². The molecule has 7 heteroatoms. The first-order valence-electron chi connectivity index (χ1n) is 9.06. The second kappa shape index (κ2) is 8.26. The van der Waals surface area contributed by atoms with Crippen LogP contribution in [0.15, 0.2) is 53.1 Å². The van der Waals surface area contributed by atoms with E-state index in [2.05, 4.69) is 5.32 Å². The van der Waals surface area contributed by atoms with Crippen molar-refractivity contribution in [3.63, 3.8) is 0 Å². The van der Waals surface area contributed by atoms with Crippen LogP contribution in [-0.2, 0) is 21.5 Å². The lowest BCUT2D eigenvalue weighted by atomic mass is 9.88. The summed E-state index contributed by atoms with van der Waals surface area (Å²) in [4.78, 5) is 24.3. The smallest absolute Gasteiger partial charge is 0.306 e. The van der Waals surface area contributed by atoms with Gasteiger partial charge in [-0.15, -0.1) is 0 Å². The van der Waals surface area contributed by atoms with E-state index in [0.29, 0.717) is 28.2 Å². The van der Waals surface area contributed by atoms with Gasteiger partial charge in [0.1, 0.15) is 17.1 Å². The predicted molar refractivity (Wildman–Crippen MR) is 107 cm³/mol. The molecule has 0 saturated heterocycles. The van der Waals surface area contributed by atoms with Crippen LogP contribution in [0, 0.1) is 0 Å². The first-order chi connectivity index (χ1) is 13.8. The van der Waals surface area contributed by atoms with Gasteiger partial charge in [-0.3, -0.25) is 9.59 Å². The van der Waals surface area contributed by atoms with Crippen LogP contribution in [0.5, 0.6) is 11.5 Å². The Kier molecular flexibility index (Phi) is 5.77. The number of ether oxygens (including phenoxy) is 2. The summed E-state index contributed by atoms with van der Waals surface area (Å²) in [6, 6.07) is 12.4. The highest BCUT2D eigenvalue weighted by Gasteiger charge is 2.32. The standard InChI is InChI=1S/C22H23NO6/c1-22(12-21(25)26,15-5-4-6-16(10-15)27-2)23-20(24)9-14-13-29-19-11-17(28-3)7-8-18(14)19/h4-8,10-11,13H,9,12H2,1-3H3,(H,23,24)(H,25,26). The SMILES string of the molecule is COc1cccc(C(C)(CC(=O)O)NC(=O)Cc2coc3cc(OC)ccc23)c1. The maximum absolute atomic E-state index is 12.8. The van der Waals surface area contributed by atoms with Crippen molar-refractivity contribution >= 4 is 22.8 Å². The normalized spacial score (nSPS) is 12.9. The lowest BCUT2D eigenvalue weighted by molar-refractivity contribution is -0.139. The van der Waals surface area contributed by atoms with E-state index in [1.54, 1.807) is 50.4 Å². The second-order valence-electron chi connectivity index (χ2n) is 6.98. The van der Waals surface area contributed by atoms with Crippen molar-refractivity contribution in [3.05, 3.63) is 59.9 Å². The number of carbonyl (C=O) groups is 2. The molecule has 1 aromatic heterocycles. The Bertz CT molecular complexity index is 1040. The Morgan fingerprint density at radius 2 is 1.83 bits per heavy atom. The molecular weight excluding hydrogens is 374 g/mol. The number of fused-ring (bicyclic) bond motifs is 1. The summed E-state index contributed by atoms with van der Waals surface area (Å²) in [6.07, 6.45) is 1.32. The van der Waals surface area contributed by atoms with Gasteiger partial charge in [-0.1, -0.05) is 12.1 Å². The van der Waals surface area contributed by atoms with Gasteiger partial charge < -0.3 is 24.3 Å². The Balaban J connectivity index is 1.84. The number of rotatable bonds is 8. The third-order valence-electron chi connectivity index (χ3n) is 4.84. The molecule has 0 radical (unpaired) electrons. The fourth-order valence-corrected chi connectivity index (χ4v) is 3.34. The van der Waals surface area contributed by atoms with Gasteiger partial charge in [-0.25, -0.2) is 0 Å². The molecule has 0 aliphatic heterocycles. The van der Waals surface area contributed by atoms with Crippen molar-refractivity contribution in [1.29, 1.82) is 0 Å². The van der Waals surface area contributed by atoms with E-state index in [-0.39, 0.29) is 18.7 Å². The van der Waals surface area contributed by atoms with Crippen molar-refractivity contribution < 1.29 is 28.6 Å². The first-order valence-corrected chi connectivity index (χ1v) is 9.06. The van der Waals surface area contributed by atoms with Crippen LogP contribution in [0.25, 0.3) is 11.0 Å². The zero-order chi connectivity index (χ0) is 21.0. The van der Waals surface area contributed by atoms with E-state index < -0.39 is 11.5 Å². The maximum atomic E-state index is 12.8. The van der Waals surface area contributed by atoms with Crippen LogP contribution < -0.4 is 14.8 Å². The van der Waals surface area contributed by atoms with E-state index in [1.165, 1.54) is 13.4 Å². The summed E-state index contributed by atoms with van der Waals surface area (Å²) in [5.41, 5.74) is 0.881. The molecule has 3 aromatic rings. The van der Waals surface area contributed by atoms with E-state index in [1.807, 2.05) is 6.07 Å². The number of carboxylic acids is 1. The van der Waals surface area contributed by atoms with E-state index >= 15 is 0 Å². The molecule has 7 nitrogen and oxygen atoms in total. The monoisotopic (exact) mass is 397 g/mol. The highest BCUT2D eigenvalue weighted by atomic mass is 16.5. The Labute approximate surface area is 168 Å². The minimum atomic E-state index is -1.10. The third kappa shape index (κ3) is 4.51. The van der Waals surface area contributed by atoms with Crippen LogP contribution in [0.4, 0.5) is 0 Å². The molecule has 0 fully saturated rings. The molecule has 0 aliphatic rings. The number of hydrogen-bond donors (Lipinski definition) is 2. The van der Waals surface area contributed by atoms with Gasteiger partial charge in [0, 0.05) is 17.0 Å². The molecule has 1 amide bonds. The summed E-state index contributed by atoms with van der Waals surface area (Å²) in [5.74, 6) is -0.0791. The highest BCUT2D eigenvalue weighted by Crippen LogP contribution is 2.29. The molecule has 1 heterocycles.